The summed E-state index contributed by atoms with van der Waals surface area (Å²) in [6.45, 7) is 3.42. The molecule has 4 heterocycles. The zero-order chi connectivity index (χ0) is 25.9. The molecule has 37 heavy (non-hydrogen) atoms. The summed E-state index contributed by atoms with van der Waals surface area (Å²) in [7, 11) is 1.67. The highest BCUT2D eigenvalue weighted by molar-refractivity contribution is 7.19. The Balaban J connectivity index is 1.25. The summed E-state index contributed by atoms with van der Waals surface area (Å²) < 4.78 is 13.6. The Morgan fingerprint density at radius 2 is 2.16 bits per heavy atom. The number of fused-ring (bicyclic) bond motifs is 3. The number of rotatable bonds is 6. The molecule has 1 saturated heterocycles. The van der Waals surface area contributed by atoms with Crippen molar-refractivity contribution in [1.29, 1.82) is 0 Å². The number of benzene rings is 1. The lowest BCUT2D eigenvalue weighted by Gasteiger charge is -2.31. The van der Waals surface area contributed by atoms with E-state index in [0.29, 0.717) is 44.1 Å². The van der Waals surface area contributed by atoms with Crippen LogP contribution in [0.25, 0.3) is 10.2 Å². The van der Waals surface area contributed by atoms with Gasteiger partial charge in [0.1, 0.15) is 22.8 Å². The van der Waals surface area contributed by atoms with Crippen LogP contribution in [0, 0.1) is 11.7 Å². The normalized spacial score (nSPS) is 18.2. The molecule has 0 saturated carbocycles. The summed E-state index contributed by atoms with van der Waals surface area (Å²) in [5.41, 5.74) is 1.78. The second kappa shape index (κ2) is 11.1. The maximum Gasteiger partial charge on any atom is 0.246 e. The van der Waals surface area contributed by atoms with Crippen molar-refractivity contribution in [3.8, 4) is 0 Å². The topological polar surface area (TPSA) is 90.5 Å². The van der Waals surface area contributed by atoms with Gasteiger partial charge in [-0.1, -0.05) is 17.7 Å². The van der Waals surface area contributed by atoms with Crippen molar-refractivity contribution in [2.24, 2.45) is 5.92 Å². The minimum absolute atomic E-state index is 0.0128. The molecule has 5 rings (SSSR count). The molecule has 8 nitrogen and oxygen atoms in total. The van der Waals surface area contributed by atoms with Crippen molar-refractivity contribution in [2.75, 3.05) is 38.5 Å². The first-order valence-corrected chi connectivity index (χ1v) is 13.5. The van der Waals surface area contributed by atoms with E-state index >= 15 is 0 Å². The van der Waals surface area contributed by atoms with Gasteiger partial charge in [-0.2, -0.15) is 0 Å². The molecule has 194 valence electrons. The molecule has 0 spiro atoms. The number of hydrogen-bond acceptors (Lipinski definition) is 7. The van der Waals surface area contributed by atoms with Gasteiger partial charge in [0.05, 0.1) is 22.9 Å². The molecule has 0 bridgehead atoms. The van der Waals surface area contributed by atoms with E-state index in [0.717, 1.165) is 40.0 Å². The van der Waals surface area contributed by atoms with Crippen molar-refractivity contribution in [1.82, 2.24) is 25.1 Å². The number of hydrogen-bond donors (Lipinski definition) is 2. The molecule has 1 aromatic carbocycles. The highest BCUT2D eigenvalue weighted by Gasteiger charge is 2.26. The minimum atomic E-state index is -0.476. The summed E-state index contributed by atoms with van der Waals surface area (Å²) in [5, 5.41) is 6.95. The second-order valence-corrected chi connectivity index (χ2v) is 10.8. The van der Waals surface area contributed by atoms with Gasteiger partial charge in [-0.05, 0) is 49.6 Å². The third-order valence-electron chi connectivity index (χ3n) is 6.88. The predicted octanol–water partition coefficient (Wildman–Crippen LogP) is 4.13. The molecule has 3 aromatic rings. The zero-order valence-electron chi connectivity index (χ0n) is 20.5. The summed E-state index contributed by atoms with van der Waals surface area (Å²) in [6, 6.07) is 4.46. The Bertz CT molecular complexity index is 1360. The van der Waals surface area contributed by atoms with Crippen molar-refractivity contribution in [2.45, 2.75) is 25.8 Å². The molecule has 0 radical (unpaired) electrons. The number of carbonyl (C=O) groups excluding carboxylic acids is 2. The van der Waals surface area contributed by atoms with Gasteiger partial charge in [0.15, 0.2) is 0 Å². The molecule has 2 aromatic heterocycles. The molecule has 2 N–H and O–H groups in total. The minimum Gasteiger partial charge on any atom is -0.359 e. The Hall–Kier alpha value is -3.08. The fraction of sp³-hybridized carbons (Fsp3) is 0.385. The summed E-state index contributed by atoms with van der Waals surface area (Å²) in [5.74, 6) is 0.242. The molecule has 1 fully saturated rings. The third kappa shape index (κ3) is 5.61. The van der Waals surface area contributed by atoms with Crippen molar-refractivity contribution in [3.05, 3.63) is 58.0 Å². The quantitative estimate of drug-likeness (QED) is 0.455. The largest absolute Gasteiger partial charge is 0.359 e. The van der Waals surface area contributed by atoms with Gasteiger partial charge in [0.2, 0.25) is 11.8 Å². The third-order valence-corrected chi connectivity index (χ3v) is 8.29. The van der Waals surface area contributed by atoms with Crippen molar-refractivity contribution < 1.29 is 14.0 Å². The molecule has 11 heteroatoms. The van der Waals surface area contributed by atoms with Crippen molar-refractivity contribution in [3.63, 3.8) is 0 Å². The van der Waals surface area contributed by atoms with Gasteiger partial charge in [0, 0.05) is 43.3 Å². The van der Waals surface area contributed by atoms with Crippen LogP contribution in [0.2, 0.25) is 5.02 Å². The Morgan fingerprint density at radius 3 is 2.97 bits per heavy atom. The maximum atomic E-state index is 13.6. The zero-order valence-corrected chi connectivity index (χ0v) is 22.0. The van der Waals surface area contributed by atoms with Gasteiger partial charge < -0.3 is 15.5 Å². The first-order valence-electron chi connectivity index (χ1n) is 12.3. The van der Waals surface area contributed by atoms with E-state index in [9.17, 15) is 14.0 Å². The van der Waals surface area contributed by atoms with E-state index in [1.807, 2.05) is 11.0 Å². The Kier molecular flexibility index (Phi) is 7.68. The van der Waals surface area contributed by atoms with Gasteiger partial charge in [-0.25, -0.2) is 14.4 Å². The molecule has 1 atom stereocenters. The van der Waals surface area contributed by atoms with E-state index in [2.05, 4.69) is 25.5 Å². The number of piperidine rings is 1. The van der Waals surface area contributed by atoms with Crippen molar-refractivity contribution >= 4 is 56.5 Å². The van der Waals surface area contributed by atoms with Crippen LogP contribution in [-0.4, -0.2) is 64.8 Å². The molecule has 2 aliphatic rings. The molecule has 1 unspecified atom stereocenters. The van der Waals surface area contributed by atoms with Crippen LogP contribution in [0.3, 0.4) is 0 Å². The number of aromatic nitrogens is 2. The lowest BCUT2D eigenvalue weighted by atomic mass is 9.97. The van der Waals surface area contributed by atoms with E-state index in [4.69, 9.17) is 11.6 Å². The fourth-order valence-electron chi connectivity index (χ4n) is 4.97. The summed E-state index contributed by atoms with van der Waals surface area (Å²) in [4.78, 5) is 39.8. The highest BCUT2D eigenvalue weighted by atomic mass is 35.5. The summed E-state index contributed by atoms with van der Waals surface area (Å²) >= 11 is 7.50. The first-order chi connectivity index (χ1) is 17.9. The van der Waals surface area contributed by atoms with Crippen LogP contribution in [0.1, 0.15) is 23.3 Å². The number of likely N-dealkylation sites (tertiary alicyclic amines) is 1. The second-order valence-electron chi connectivity index (χ2n) is 9.29. The van der Waals surface area contributed by atoms with Crippen LogP contribution >= 0.6 is 22.9 Å². The molecular weight excluding hydrogens is 515 g/mol. The number of halogens is 2. The van der Waals surface area contributed by atoms with Crippen LogP contribution in [-0.2, 0) is 22.6 Å². The smallest absolute Gasteiger partial charge is 0.246 e. The molecular formula is C26H28ClFN6O2S. The van der Waals surface area contributed by atoms with E-state index < -0.39 is 5.82 Å². The van der Waals surface area contributed by atoms with Gasteiger partial charge in [-0.3, -0.25) is 14.5 Å². The maximum absolute atomic E-state index is 13.6. The van der Waals surface area contributed by atoms with Gasteiger partial charge >= 0.3 is 0 Å². The molecule has 2 amide bonds. The van der Waals surface area contributed by atoms with Crippen LogP contribution < -0.4 is 10.6 Å². The average molecular weight is 543 g/mol. The SMILES string of the molecule is CNC(=O)C1CCCN(CC=CC(=O)N2CCc3c(sc4ncnc(Nc5ccc(F)c(Cl)c5)c34)C2)C1. The standard InChI is InChI=1S/C26H28ClFN6O2S/c1-29-25(36)16-4-2-9-33(13-16)10-3-5-22(35)34-11-8-18-21(14-34)37-26-23(18)24(30-15-31-26)32-17-6-7-20(28)19(27)12-17/h3,5-7,12,15-16H,2,4,8-11,13-14H2,1H3,(H,29,36)(H,30,31,32). The first kappa shape index (κ1) is 25.6. The van der Waals surface area contributed by atoms with E-state index in [-0.39, 0.29) is 22.8 Å². The van der Waals surface area contributed by atoms with Gasteiger partial charge in [-0.15, -0.1) is 11.3 Å². The van der Waals surface area contributed by atoms with Gasteiger partial charge in [0.25, 0.3) is 0 Å². The number of thiophene rings is 1. The average Bonchev–Trinajstić information content (AvgIpc) is 3.29. The van der Waals surface area contributed by atoms with Crippen LogP contribution in [0.4, 0.5) is 15.9 Å². The fourth-order valence-corrected chi connectivity index (χ4v) is 6.35. The number of amides is 2. The number of nitrogens with one attached hydrogen (secondary N) is 2. The highest BCUT2D eigenvalue weighted by Crippen LogP contribution is 2.38. The Labute approximate surface area is 223 Å². The number of nitrogens with zero attached hydrogens (tertiary/aromatic N) is 4. The van der Waals surface area contributed by atoms with Crippen LogP contribution in [0.15, 0.2) is 36.7 Å². The lowest BCUT2D eigenvalue weighted by molar-refractivity contribution is -0.127. The monoisotopic (exact) mass is 542 g/mol. The molecule has 0 aliphatic carbocycles. The van der Waals surface area contributed by atoms with Crippen LogP contribution in [0.5, 0.6) is 0 Å². The van der Waals surface area contributed by atoms with E-state index in [1.165, 1.54) is 18.5 Å². The lowest BCUT2D eigenvalue weighted by Crippen LogP contribution is -2.42. The number of anilines is 2. The number of carbonyl (C=O) groups is 2. The van der Waals surface area contributed by atoms with E-state index in [1.54, 1.807) is 30.5 Å². The molecule has 2 aliphatic heterocycles. The summed E-state index contributed by atoms with van der Waals surface area (Å²) in [6.07, 6.45) is 7.63. The predicted molar refractivity (Wildman–Crippen MR) is 144 cm³/mol. The Morgan fingerprint density at radius 1 is 1.30 bits per heavy atom.